The van der Waals surface area contributed by atoms with Crippen LogP contribution < -0.4 is 10.6 Å². The molecule has 1 aliphatic rings. The summed E-state index contributed by atoms with van der Waals surface area (Å²) in [5, 5.41) is 6.43. The Labute approximate surface area is 158 Å². The third-order valence-corrected chi connectivity index (χ3v) is 4.76. The van der Waals surface area contributed by atoms with Crippen molar-refractivity contribution in [2.45, 2.75) is 19.8 Å². The first-order chi connectivity index (χ1) is 12.5. The third-order valence-electron chi connectivity index (χ3n) is 4.50. The number of benzene rings is 2. The zero-order chi connectivity index (χ0) is 18.5. The number of allylic oxidation sites excluding steroid dienone is 2. The van der Waals surface area contributed by atoms with E-state index < -0.39 is 11.8 Å². The molecule has 0 heterocycles. The molecule has 0 spiro atoms. The summed E-state index contributed by atoms with van der Waals surface area (Å²) in [6.45, 7) is 1.97. The van der Waals surface area contributed by atoms with E-state index in [1.54, 1.807) is 24.3 Å². The molecule has 2 amide bonds. The van der Waals surface area contributed by atoms with E-state index in [-0.39, 0.29) is 11.8 Å². The lowest BCUT2D eigenvalue weighted by Crippen LogP contribution is -2.37. The summed E-state index contributed by atoms with van der Waals surface area (Å²) in [6, 6.07) is 14.6. The largest absolute Gasteiger partial charge is 0.326 e. The Morgan fingerprint density at radius 3 is 2.04 bits per heavy atom. The molecule has 4 nitrogen and oxygen atoms in total. The van der Waals surface area contributed by atoms with Gasteiger partial charge in [0.2, 0.25) is 11.8 Å². The Hall–Kier alpha value is -2.59. The van der Waals surface area contributed by atoms with Crippen LogP contribution in [0.5, 0.6) is 0 Å². The Balaban J connectivity index is 1.70. The fourth-order valence-electron chi connectivity index (χ4n) is 3.12. The number of amides is 2. The van der Waals surface area contributed by atoms with E-state index in [1.165, 1.54) is 0 Å². The summed E-state index contributed by atoms with van der Waals surface area (Å²) in [5.74, 6) is -1.08. The van der Waals surface area contributed by atoms with Crippen LogP contribution in [-0.4, -0.2) is 11.8 Å². The van der Waals surface area contributed by atoms with Gasteiger partial charge in [-0.2, -0.15) is 0 Å². The fraction of sp³-hybridized carbons (Fsp3) is 0.238. The molecule has 0 bridgehead atoms. The number of nitrogens with one attached hydrogen (secondary N) is 2. The summed E-state index contributed by atoms with van der Waals surface area (Å²) in [7, 11) is 0. The molecule has 0 radical (unpaired) electrons. The van der Waals surface area contributed by atoms with Crippen molar-refractivity contribution in [2.24, 2.45) is 11.8 Å². The van der Waals surface area contributed by atoms with Crippen LogP contribution in [0, 0.1) is 18.8 Å². The molecule has 2 atom stereocenters. The van der Waals surface area contributed by atoms with Crippen LogP contribution in [0.25, 0.3) is 0 Å². The molecule has 5 heteroatoms. The molecule has 0 aliphatic heterocycles. The maximum absolute atomic E-state index is 12.7. The molecule has 3 rings (SSSR count). The van der Waals surface area contributed by atoms with Gasteiger partial charge in [0.1, 0.15) is 0 Å². The van der Waals surface area contributed by atoms with Crippen molar-refractivity contribution in [3.8, 4) is 0 Å². The zero-order valence-corrected chi connectivity index (χ0v) is 15.3. The van der Waals surface area contributed by atoms with Gasteiger partial charge in [-0.15, -0.1) is 0 Å². The number of halogens is 1. The topological polar surface area (TPSA) is 58.2 Å². The highest BCUT2D eigenvalue weighted by Gasteiger charge is 2.34. The quantitative estimate of drug-likeness (QED) is 0.761. The van der Waals surface area contributed by atoms with E-state index in [4.69, 9.17) is 11.6 Å². The Bertz CT molecular complexity index is 830. The highest BCUT2D eigenvalue weighted by molar-refractivity contribution is 6.30. The lowest BCUT2D eigenvalue weighted by atomic mass is 9.81. The zero-order valence-electron chi connectivity index (χ0n) is 14.5. The predicted octanol–water partition coefficient (Wildman–Crippen LogP) is 4.81. The monoisotopic (exact) mass is 368 g/mol. The smallest absolute Gasteiger partial charge is 0.228 e. The first-order valence-electron chi connectivity index (χ1n) is 8.62. The molecule has 0 saturated carbocycles. The first-order valence-corrected chi connectivity index (χ1v) is 8.99. The molecule has 2 aromatic carbocycles. The molecule has 0 aromatic heterocycles. The van der Waals surface area contributed by atoms with Crippen LogP contribution in [0.3, 0.4) is 0 Å². The van der Waals surface area contributed by atoms with Crippen molar-refractivity contribution in [3.63, 3.8) is 0 Å². The summed E-state index contributed by atoms with van der Waals surface area (Å²) in [4.78, 5) is 25.5. The van der Waals surface area contributed by atoms with Gasteiger partial charge >= 0.3 is 0 Å². The third kappa shape index (κ3) is 4.52. The summed E-state index contributed by atoms with van der Waals surface area (Å²) in [6.07, 6.45) is 5.02. The van der Waals surface area contributed by atoms with Gasteiger partial charge < -0.3 is 10.6 Å². The Kier molecular flexibility index (Phi) is 5.74. The molecular weight excluding hydrogens is 348 g/mol. The maximum Gasteiger partial charge on any atom is 0.228 e. The second-order valence-electron chi connectivity index (χ2n) is 6.51. The van der Waals surface area contributed by atoms with Crippen molar-refractivity contribution < 1.29 is 9.59 Å². The van der Waals surface area contributed by atoms with Crippen LogP contribution >= 0.6 is 11.6 Å². The number of rotatable bonds is 4. The van der Waals surface area contributed by atoms with Gasteiger partial charge in [0.25, 0.3) is 0 Å². The van der Waals surface area contributed by atoms with Gasteiger partial charge in [-0.3, -0.25) is 9.59 Å². The van der Waals surface area contributed by atoms with Crippen molar-refractivity contribution in [1.82, 2.24) is 0 Å². The lowest BCUT2D eigenvalue weighted by molar-refractivity contribution is -0.129. The van der Waals surface area contributed by atoms with Gasteiger partial charge in [0.05, 0.1) is 11.8 Å². The molecule has 26 heavy (non-hydrogen) atoms. The Morgan fingerprint density at radius 1 is 0.885 bits per heavy atom. The second kappa shape index (κ2) is 8.19. The average Bonchev–Trinajstić information content (AvgIpc) is 2.63. The van der Waals surface area contributed by atoms with Gasteiger partial charge in [-0.1, -0.05) is 35.9 Å². The lowest BCUT2D eigenvalue weighted by Gasteiger charge is -2.26. The minimum Gasteiger partial charge on any atom is -0.326 e. The number of anilines is 2. The predicted molar refractivity (Wildman–Crippen MR) is 105 cm³/mol. The van der Waals surface area contributed by atoms with E-state index in [0.717, 1.165) is 11.3 Å². The van der Waals surface area contributed by atoms with E-state index in [0.29, 0.717) is 23.6 Å². The molecule has 0 saturated heterocycles. The average molecular weight is 369 g/mol. The Morgan fingerprint density at radius 2 is 1.46 bits per heavy atom. The van der Waals surface area contributed by atoms with Crippen LogP contribution in [-0.2, 0) is 9.59 Å². The molecule has 2 N–H and O–H groups in total. The van der Waals surface area contributed by atoms with Crippen molar-refractivity contribution in [2.75, 3.05) is 10.6 Å². The van der Waals surface area contributed by atoms with E-state index in [9.17, 15) is 9.59 Å². The van der Waals surface area contributed by atoms with Gasteiger partial charge in [0.15, 0.2) is 0 Å². The van der Waals surface area contributed by atoms with Crippen molar-refractivity contribution >= 4 is 34.8 Å². The highest BCUT2D eigenvalue weighted by atomic mass is 35.5. The molecule has 134 valence electrons. The van der Waals surface area contributed by atoms with E-state index in [1.807, 2.05) is 43.3 Å². The molecule has 2 unspecified atom stereocenters. The number of aryl methyl sites for hydroxylation is 1. The van der Waals surface area contributed by atoms with Crippen molar-refractivity contribution in [3.05, 3.63) is 71.3 Å². The number of carbonyl (C=O) groups excluding carboxylic acids is 2. The van der Waals surface area contributed by atoms with Crippen LogP contribution in [0.2, 0.25) is 5.02 Å². The molecule has 2 aromatic rings. The number of hydrogen-bond acceptors (Lipinski definition) is 2. The summed E-state index contributed by atoms with van der Waals surface area (Å²) in [5.41, 5.74) is 2.50. The van der Waals surface area contributed by atoms with Crippen LogP contribution in [0.4, 0.5) is 11.4 Å². The van der Waals surface area contributed by atoms with Crippen molar-refractivity contribution in [1.29, 1.82) is 0 Å². The fourth-order valence-corrected chi connectivity index (χ4v) is 3.25. The highest BCUT2D eigenvalue weighted by Crippen LogP contribution is 2.28. The normalized spacial score (nSPS) is 19.0. The summed E-state index contributed by atoms with van der Waals surface area (Å²) >= 11 is 5.87. The summed E-state index contributed by atoms with van der Waals surface area (Å²) < 4.78 is 0. The number of carbonyl (C=O) groups is 2. The SMILES string of the molecule is Cc1cccc(NC(=O)C2CC=CCC2C(=O)Nc2ccc(Cl)cc2)c1. The number of hydrogen-bond donors (Lipinski definition) is 2. The standard InChI is InChI=1S/C21H21ClN2O2/c1-14-5-4-6-17(13-14)24-21(26)19-8-3-2-7-18(19)20(25)23-16-11-9-15(22)10-12-16/h2-6,9-13,18-19H,7-8H2,1H3,(H,23,25)(H,24,26). The van der Waals surface area contributed by atoms with Gasteiger partial charge in [0, 0.05) is 16.4 Å². The molecule has 0 fully saturated rings. The minimum absolute atomic E-state index is 0.129. The van der Waals surface area contributed by atoms with Gasteiger partial charge in [-0.25, -0.2) is 0 Å². The van der Waals surface area contributed by atoms with E-state index >= 15 is 0 Å². The maximum atomic E-state index is 12.7. The van der Waals surface area contributed by atoms with Crippen LogP contribution in [0.1, 0.15) is 18.4 Å². The van der Waals surface area contributed by atoms with Gasteiger partial charge in [-0.05, 0) is 61.7 Å². The molecular formula is C21H21ClN2O2. The van der Waals surface area contributed by atoms with Crippen LogP contribution in [0.15, 0.2) is 60.7 Å². The first kappa shape index (κ1) is 18.2. The van der Waals surface area contributed by atoms with E-state index in [2.05, 4.69) is 10.6 Å². The molecule has 1 aliphatic carbocycles. The minimum atomic E-state index is -0.402. The second-order valence-corrected chi connectivity index (χ2v) is 6.95.